The van der Waals surface area contributed by atoms with E-state index in [1.54, 1.807) is 0 Å². The second kappa shape index (κ2) is 6.39. The van der Waals surface area contributed by atoms with E-state index in [0.717, 1.165) is 24.8 Å². The van der Waals surface area contributed by atoms with Crippen LogP contribution in [0, 0.1) is 0 Å². The number of unbranched alkanes of at least 4 members (excludes halogenated alkanes) is 1. The van der Waals surface area contributed by atoms with Gasteiger partial charge in [0, 0.05) is 0 Å². The second-order valence-corrected chi connectivity index (χ2v) is 3.48. The molecule has 1 aromatic rings. The monoisotopic (exact) mass is 190 g/mol. The van der Waals surface area contributed by atoms with E-state index < -0.39 is 0 Å². The molecular formula is C13H18O. The Bertz CT molecular complexity index is 264. The van der Waals surface area contributed by atoms with Crippen LogP contribution in [0.25, 0.3) is 6.08 Å². The molecule has 0 radical (unpaired) electrons. The normalized spacial score (nSPS) is 13.3. The molecule has 0 saturated heterocycles. The Morgan fingerprint density at radius 1 is 1.29 bits per heavy atom. The van der Waals surface area contributed by atoms with Gasteiger partial charge in [0.25, 0.3) is 0 Å². The lowest BCUT2D eigenvalue weighted by molar-refractivity contribution is 0.210. The molecule has 1 rings (SSSR count). The Morgan fingerprint density at radius 2 is 2.00 bits per heavy atom. The van der Waals surface area contributed by atoms with Crippen molar-refractivity contribution in [2.45, 2.75) is 32.3 Å². The third-order valence-electron chi connectivity index (χ3n) is 2.16. The van der Waals surface area contributed by atoms with Crippen LogP contribution in [0.4, 0.5) is 0 Å². The molecule has 1 aromatic carbocycles. The van der Waals surface area contributed by atoms with Gasteiger partial charge in [0.1, 0.15) is 0 Å². The number of aliphatic hydroxyl groups excluding tert-OH is 1. The van der Waals surface area contributed by atoms with Crippen molar-refractivity contribution in [2.75, 3.05) is 0 Å². The van der Waals surface area contributed by atoms with Crippen LogP contribution in [-0.2, 0) is 0 Å². The third-order valence-corrected chi connectivity index (χ3v) is 2.16. The van der Waals surface area contributed by atoms with Crippen LogP contribution in [0.3, 0.4) is 0 Å². The Morgan fingerprint density at radius 3 is 2.64 bits per heavy atom. The minimum absolute atomic E-state index is 0.296. The minimum Gasteiger partial charge on any atom is -0.389 e. The van der Waals surface area contributed by atoms with Gasteiger partial charge in [-0.25, -0.2) is 0 Å². The van der Waals surface area contributed by atoms with Crippen molar-refractivity contribution >= 4 is 6.08 Å². The Balaban J connectivity index is 2.39. The summed E-state index contributed by atoms with van der Waals surface area (Å²) < 4.78 is 0. The van der Waals surface area contributed by atoms with Crippen molar-refractivity contribution in [1.29, 1.82) is 0 Å². The molecule has 0 heterocycles. The van der Waals surface area contributed by atoms with Crippen molar-refractivity contribution < 1.29 is 5.11 Å². The van der Waals surface area contributed by atoms with Gasteiger partial charge in [-0.05, 0) is 12.0 Å². The number of benzene rings is 1. The zero-order valence-electron chi connectivity index (χ0n) is 8.69. The van der Waals surface area contributed by atoms with Gasteiger partial charge in [0.05, 0.1) is 6.10 Å². The van der Waals surface area contributed by atoms with Gasteiger partial charge in [0.2, 0.25) is 0 Å². The summed E-state index contributed by atoms with van der Waals surface area (Å²) in [5.74, 6) is 0. The molecule has 1 atom stereocenters. The van der Waals surface area contributed by atoms with E-state index in [2.05, 4.69) is 6.92 Å². The van der Waals surface area contributed by atoms with Crippen LogP contribution in [0.1, 0.15) is 31.7 Å². The predicted molar refractivity (Wildman–Crippen MR) is 61.0 cm³/mol. The fourth-order valence-electron chi connectivity index (χ4n) is 1.30. The molecule has 0 spiro atoms. The summed E-state index contributed by atoms with van der Waals surface area (Å²) in [5, 5.41) is 9.55. The van der Waals surface area contributed by atoms with E-state index >= 15 is 0 Å². The van der Waals surface area contributed by atoms with Crippen molar-refractivity contribution in [2.24, 2.45) is 0 Å². The number of rotatable bonds is 5. The minimum atomic E-state index is -0.296. The average Bonchev–Trinajstić information content (AvgIpc) is 2.25. The standard InChI is InChI=1S/C13H18O/c1-2-3-9-13(14)11-10-12-7-5-4-6-8-12/h4-8,10-11,13-14H,2-3,9H2,1H3/b11-10-. The quantitative estimate of drug-likeness (QED) is 0.755. The summed E-state index contributed by atoms with van der Waals surface area (Å²) in [4.78, 5) is 0. The largest absolute Gasteiger partial charge is 0.389 e. The molecule has 1 nitrogen and oxygen atoms in total. The van der Waals surface area contributed by atoms with Crippen LogP contribution in [0.5, 0.6) is 0 Å². The lowest BCUT2D eigenvalue weighted by Gasteiger charge is -2.02. The van der Waals surface area contributed by atoms with Crippen LogP contribution in [0.15, 0.2) is 36.4 Å². The molecule has 0 aromatic heterocycles. The molecule has 14 heavy (non-hydrogen) atoms. The molecule has 0 aliphatic heterocycles. The SMILES string of the molecule is CCCCC(O)/C=C\c1ccccc1. The number of aliphatic hydroxyl groups is 1. The summed E-state index contributed by atoms with van der Waals surface area (Å²) in [5.41, 5.74) is 1.14. The fraction of sp³-hybridized carbons (Fsp3) is 0.385. The number of hydrogen-bond acceptors (Lipinski definition) is 1. The zero-order chi connectivity index (χ0) is 10.2. The smallest absolute Gasteiger partial charge is 0.0724 e. The highest BCUT2D eigenvalue weighted by molar-refractivity contribution is 5.49. The summed E-state index contributed by atoms with van der Waals surface area (Å²) in [6, 6.07) is 10.0. The van der Waals surface area contributed by atoms with Crippen molar-refractivity contribution in [1.82, 2.24) is 0 Å². The highest BCUT2D eigenvalue weighted by Crippen LogP contribution is 2.06. The molecule has 0 bridgehead atoms. The molecule has 0 amide bonds. The first-order valence-corrected chi connectivity index (χ1v) is 5.24. The first-order chi connectivity index (χ1) is 6.83. The van der Waals surface area contributed by atoms with Gasteiger partial charge in [-0.1, -0.05) is 62.2 Å². The van der Waals surface area contributed by atoms with Gasteiger partial charge in [0.15, 0.2) is 0 Å². The highest BCUT2D eigenvalue weighted by Gasteiger charge is 1.96. The van der Waals surface area contributed by atoms with Crippen LogP contribution >= 0.6 is 0 Å². The van der Waals surface area contributed by atoms with E-state index in [0.29, 0.717) is 0 Å². The summed E-state index contributed by atoms with van der Waals surface area (Å²) in [7, 11) is 0. The van der Waals surface area contributed by atoms with Crippen molar-refractivity contribution in [3.05, 3.63) is 42.0 Å². The lowest BCUT2D eigenvalue weighted by Crippen LogP contribution is -2.00. The van der Waals surface area contributed by atoms with E-state index in [1.807, 2.05) is 42.5 Å². The second-order valence-electron chi connectivity index (χ2n) is 3.48. The summed E-state index contributed by atoms with van der Waals surface area (Å²) >= 11 is 0. The maximum Gasteiger partial charge on any atom is 0.0724 e. The Kier molecular flexibility index (Phi) is 5.02. The molecule has 0 fully saturated rings. The zero-order valence-corrected chi connectivity index (χ0v) is 8.69. The third kappa shape index (κ3) is 4.24. The summed E-state index contributed by atoms with van der Waals surface area (Å²) in [6.45, 7) is 2.13. The van der Waals surface area contributed by atoms with E-state index in [-0.39, 0.29) is 6.10 Å². The van der Waals surface area contributed by atoms with Gasteiger partial charge >= 0.3 is 0 Å². The van der Waals surface area contributed by atoms with Crippen LogP contribution < -0.4 is 0 Å². The average molecular weight is 190 g/mol. The molecule has 0 saturated carbocycles. The molecular weight excluding hydrogens is 172 g/mol. The van der Waals surface area contributed by atoms with E-state index in [4.69, 9.17) is 0 Å². The molecule has 76 valence electrons. The van der Waals surface area contributed by atoms with Crippen LogP contribution in [-0.4, -0.2) is 11.2 Å². The van der Waals surface area contributed by atoms with Gasteiger partial charge < -0.3 is 5.11 Å². The first-order valence-electron chi connectivity index (χ1n) is 5.24. The maximum absolute atomic E-state index is 9.55. The van der Waals surface area contributed by atoms with Gasteiger partial charge in [-0.3, -0.25) is 0 Å². The molecule has 1 unspecified atom stereocenters. The van der Waals surface area contributed by atoms with Crippen molar-refractivity contribution in [3.8, 4) is 0 Å². The Hall–Kier alpha value is -1.08. The maximum atomic E-state index is 9.55. The molecule has 0 aliphatic rings. The van der Waals surface area contributed by atoms with E-state index in [9.17, 15) is 5.11 Å². The van der Waals surface area contributed by atoms with Crippen molar-refractivity contribution in [3.63, 3.8) is 0 Å². The topological polar surface area (TPSA) is 20.2 Å². The van der Waals surface area contributed by atoms with Gasteiger partial charge in [-0.15, -0.1) is 0 Å². The number of hydrogen-bond donors (Lipinski definition) is 1. The summed E-state index contributed by atoms with van der Waals surface area (Å²) in [6.07, 6.45) is 6.62. The fourth-order valence-corrected chi connectivity index (χ4v) is 1.30. The first kappa shape index (κ1) is 11.0. The lowest BCUT2D eigenvalue weighted by atomic mass is 10.1. The Labute approximate surface area is 86.1 Å². The van der Waals surface area contributed by atoms with Crippen LogP contribution in [0.2, 0.25) is 0 Å². The molecule has 1 heteroatoms. The highest BCUT2D eigenvalue weighted by atomic mass is 16.3. The van der Waals surface area contributed by atoms with E-state index in [1.165, 1.54) is 0 Å². The molecule has 0 aliphatic carbocycles. The van der Waals surface area contributed by atoms with Gasteiger partial charge in [-0.2, -0.15) is 0 Å². The predicted octanol–water partition coefficient (Wildman–Crippen LogP) is 3.25. The molecule has 1 N–H and O–H groups in total.